The lowest BCUT2D eigenvalue weighted by Gasteiger charge is -2.28. The van der Waals surface area contributed by atoms with Gasteiger partial charge in [0.15, 0.2) is 0 Å². The van der Waals surface area contributed by atoms with Crippen LogP contribution >= 0.6 is 0 Å². The highest BCUT2D eigenvalue weighted by Crippen LogP contribution is 2.45. The van der Waals surface area contributed by atoms with Crippen molar-refractivity contribution in [2.24, 2.45) is 5.92 Å². The van der Waals surface area contributed by atoms with E-state index in [-0.39, 0.29) is 12.5 Å². The molecule has 3 aromatic carbocycles. The molecule has 0 fully saturated rings. The summed E-state index contributed by atoms with van der Waals surface area (Å²) in [5.41, 5.74) is 4.22. The number of nitrogens with one attached hydrogen (secondary N) is 2. The highest BCUT2D eigenvalue weighted by atomic mass is 16.5. The molecule has 7 heteroatoms. The molecule has 2 heterocycles. The van der Waals surface area contributed by atoms with Crippen LogP contribution in [0, 0.1) is 22.7 Å². The normalized spacial score (nSPS) is 16.8. The number of aromatic amines is 1. The van der Waals surface area contributed by atoms with Gasteiger partial charge < -0.3 is 14.2 Å². The van der Waals surface area contributed by atoms with E-state index in [9.17, 15) is 5.26 Å². The molecule has 1 aliphatic heterocycles. The molecule has 34 heavy (non-hydrogen) atoms. The third kappa shape index (κ3) is 3.86. The van der Waals surface area contributed by atoms with Crippen molar-refractivity contribution in [3.8, 4) is 34.6 Å². The Hall–Kier alpha value is -4.57. The summed E-state index contributed by atoms with van der Waals surface area (Å²) in [7, 11) is 1.63. The Kier molecular flexibility index (Phi) is 5.71. The van der Waals surface area contributed by atoms with Crippen molar-refractivity contribution in [1.29, 1.82) is 10.7 Å². The fraction of sp³-hybridized carbons (Fsp3) is 0.148. The van der Waals surface area contributed by atoms with Gasteiger partial charge in [0.1, 0.15) is 24.0 Å². The van der Waals surface area contributed by atoms with Gasteiger partial charge in [-0.1, -0.05) is 60.7 Å². The summed E-state index contributed by atoms with van der Waals surface area (Å²) >= 11 is 0. The van der Waals surface area contributed by atoms with E-state index >= 15 is 0 Å². The topological polar surface area (TPSA) is 104 Å². The van der Waals surface area contributed by atoms with Crippen molar-refractivity contribution < 1.29 is 14.2 Å². The number of hydrogen-bond donors (Lipinski definition) is 2. The first-order chi connectivity index (χ1) is 16.7. The van der Waals surface area contributed by atoms with Crippen molar-refractivity contribution in [1.82, 2.24) is 10.2 Å². The van der Waals surface area contributed by atoms with Crippen LogP contribution in [0.3, 0.4) is 0 Å². The molecular weight excluding hydrogens is 428 g/mol. The third-order valence-electron chi connectivity index (χ3n) is 5.92. The van der Waals surface area contributed by atoms with Gasteiger partial charge in [0.2, 0.25) is 11.8 Å². The second-order valence-corrected chi connectivity index (χ2v) is 7.90. The summed E-state index contributed by atoms with van der Waals surface area (Å²) in [6.45, 7) is 0.219. The lowest BCUT2D eigenvalue weighted by Crippen LogP contribution is -2.31. The average Bonchev–Trinajstić information content (AvgIpc) is 3.29. The molecule has 4 aromatic rings. The number of rotatable bonds is 6. The fourth-order valence-corrected chi connectivity index (χ4v) is 4.28. The van der Waals surface area contributed by atoms with Gasteiger partial charge in [-0.15, -0.1) is 5.10 Å². The molecule has 2 N–H and O–H groups in total. The molecule has 2 atom stereocenters. The van der Waals surface area contributed by atoms with Crippen LogP contribution in [-0.2, 0) is 6.61 Å². The minimum atomic E-state index is -0.812. The molecule has 0 aliphatic carbocycles. The van der Waals surface area contributed by atoms with Crippen molar-refractivity contribution in [2.75, 3.05) is 7.11 Å². The van der Waals surface area contributed by atoms with Crippen LogP contribution < -0.4 is 14.2 Å². The van der Waals surface area contributed by atoms with E-state index in [1.165, 1.54) is 0 Å². The van der Waals surface area contributed by atoms with Crippen molar-refractivity contribution in [3.63, 3.8) is 0 Å². The second-order valence-electron chi connectivity index (χ2n) is 7.90. The van der Waals surface area contributed by atoms with Crippen LogP contribution in [0.25, 0.3) is 11.1 Å². The summed E-state index contributed by atoms with van der Waals surface area (Å²) in [6, 6.07) is 27.6. The highest BCUT2D eigenvalue weighted by Gasteiger charge is 2.41. The van der Waals surface area contributed by atoms with E-state index in [2.05, 4.69) is 16.3 Å². The number of hydrogen-bond acceptors (Lipinski definition) is 6. The highest BCUT2D eigenvalue weighted by molar-refractivity contribution is 5.85. The van der Waals surface area contributed by atoms with E-state index in [1.807, 2.05) is 78.9 Å². The molecule has 7 nitrogen and oxygen atoms in total. The van der Waals surface area contributed by atoms with Crippen LogP contribution in [0.5, 0.6) is 17.4 Å². The number of nitriles is 1. The third-order valence-corrected chi connectivity index (χ3v) is 5.92. The maximum absolute atomic E-state index is 9.95. The van der Waals surface area contributed by atoms with Crippen LogP contribution in [0.1, 0.15) is 22.7 Å². The summed E-state index contributed by atoms with van der Waals surface area (Å²) in [5, 5.41) is 25.5. The molecule has 0 saturated heterocycles. The van der Waals surface area contributed by atoms with Crippen LogP contribution in [-0.4, -0.2) is 23.2 Å². The molecule has 0 amide bonds. The Bertz CT molecular complexity index is 1360. The predicted octanol–water partition coefficient (Wildman–Crippen LogP) is 5.31. The number of aromatic nitrogens is 2. The smallest absolute Gasteiger partial charge is 0.243 e. The Morgan fingerprint density at radius 3 is 2.50 bits per heavy atom. The van der Waals surface area contributed by atoms with E-state index in [1.54, 1.807) is 7.11 Å². The summed E-state index contributed by atoms with van der Waals surface area (Å²) in [4.78, 5) is 0. The van der Waals surface area contributed by atoms with E-state index < -0.39 is 11.8 Å². The number of nitrogens with zero attached hydrogens (tertiary/aromatic N) is 2. The van der Waals surface area contributed by atoms with Crippen LogP contribution in [0.4, 0.5) is 0 Å². The summed E-state index contributed by atoms with van der Waals surface area (Å²) < 4.78 is 17.2. The van der Waals surface area contributed by atoms with E-state index in [4.69, 9.17) is 19.6 Å². The number of ether oxygens (including phenoxy) is 3. The molecule has 168 valence electrons. The number of benzene rings is 3. The van der Waals surface area contributed by atoms with Gasteiger partial charge in [-0.25, -0.2) is 0 Å². The van der Waals surface area contributed by atoms with Gasteiger partial charge in [-0.05, 0) is 29.3 Å². The SMILES string of the molecule is COc1cc(C2c3c(n[nH]c3COc3ccccc3)OC(=N)C2C#N)ccc1-c1ccccc1. The lowest BCUT2D eigenvalue weighted by atomic mass is 9.79. The van der Waals surface area contributed by atoms with Crippen LogP contribution in [0.2, 0.25) is 0 Å². The predicted molar refractivity (Wildman–Crippen MR) is 127 cm³/mol. The van der Waals surface area contributed by atoms with Crippen molar-refractivity contribution in [2.45, 2.75) is 12.5 Å². The molecular formula is C27H22N4O3. The first-order valence-electron chi connectivity index (χ1n) is 10.8. The Labute approximate surface area is 197 Å². The second kappa shape index (κ2) is 9.12. The van der Waals surface area contributed by atoms with Crippen molar-refractivity contribution in [3.05, 3.63) is 95.7 Å². The first-order valence-corrected chi connectivity index (χ1v) is 10.8. The molecule has 0 radical (unpaired) electrons. The first kappa shape index (κ1) is 21.3. The Morgan fingerprint density at radius 1 is 1.06 bits per heavy atom. The monoisotopic (exact) mass is 450 g/mol. The maximum Gasteiger partial charge on any atom is 0.243 e. The molecule has 5 rings (SSSR count). The van der Waals surface area contributed by atoms with Crippen molar-refractivity contribution >= 4 is 5.90 Å². The van der Waals surface area contributed by atoms with Gasteiger partial charge in [0, 0.05) is 17.0 Å². The average molecular weight is 450 g/mol. The number of methoxy groups -OCH3 is 1. The summed E-state index contributed by atoms with van der Waals surface area (Å²) in [6.07, 6.45) is 0. The number of para-hydroxylation sites is 1. The molecule has 1 aromatic heterocycles. The molecule has 0 bridgehead atoms. The zero-order valence-corrected chi connectivity index (χ0v) is 18.5. The number of H-pyrrole nitrogens is 1. The summed E-state index contributed by atoms with van der Waals surface area (Å²) in [5.74, 6) is 0.288. The van der Waals surface area contributed by atoms with Gasteiger partial charge in [-0.2, -0.15) is 5.26 Å². The Morgan fingerprint density at radius 2 is 1.79 bits per heavy atom. The molecule has 1 aliphatic rings. The number of fused-ring (bicyclic) bond motifs is 1. The standard InChI is InChI=1S/C27H22N4O3/c1-32-23-14-18(12-13-20(23)17-8-4-2-5-9-17)24-21(15-28)26(29)34-27-25(24)22(30-31-27)16-33-19-10-6-3-7-11-19/h2-14,21,24,29H,16H2,1H3,(H,30,31). The molecule has 0 spiro atoms. The largest absolute Gasteiger partial charge is 0.496 e. The zero-order valence-electron chi connectivity index (χ0n) is 18.5. The zero-order chi connectivity index (χ0) is 23.5. The molecule has 2 unspecified atom stereocenters. The van der Waals surface area contributed by atoms with E-state index in [0.29, 0.717) is 22.9 Å². The fourth-order valence-electron chi connectivity index (χ4n) is 4.28. The lowest BCUT2D eigenvalue weighted by molar-refractivity contribution is 0.298. The minimum absolute atomic E-state index is 0.131. The maximum atomic E-state index is 9.95. The Balaban J connectivity index is 1.56. The quantitative estimate of drug-likeness (QED) is 0.414. The van der Waals surface area contributed by atoms with Gasteiger partial charge in [0.05, 0.1) is 18.9 Å². The van der Waals surface area contributed by atoms with E-state index in [0.717, 1.165) is 22.4 Å². The van der Waals surface area contributed by atoms with Gasteiger partial charge in [-0.3, -0.25) is 10.5 Å². The van der Waals surface area contributed by atoms with Gasteiger partial charge >= 0.3 is 0 Å². The molecule has 0 saturated carbocycles. The van der Waals surface area contributed by atoms with Gasteiger partial charge in [0.25, 0.3) is 0 Å². The van der Waals surface area contributed by atoms with Crippen LogP contribution in [0.15, 0.2) is 78.9 Å². The minimum Gasteiger partial charge on any atom is -0.496 e.